The molecule has 2 aromatic rings. The Kier molecular flexibility index (Phi) is 7.59. The minimum atomic E-state index is -0.929. The summed E-state index contributed by atoms with van der Waals surface area (Å²) in [5, 5.41) is 18.2. The molecular formula is C27H33N3O3. The van der Waals surface area contributed by atoms with E-state index in [1.54, 1.807) is 6.92 Å². The molecule has 3 rings (SSSR count). The van der Waals surface area contributed by atoms with Crippen LogP contribution in [0, 0.1) is 27.7 Å². The summed E-state index contributed by atoms with van der Waals surface area (Å²) in [5.41, 5.74) is 9.70. The zero-order valence-electron chi connectivity index (χ0n) is 20.0. The molecule has 0 spiro atoms. The molecule has 1 unspecified atom stereocenters. The Hall–Kier alpha value is -3.54. The van der Waals surface area contributed by atoms with Crippen molar-refractivity contribution < 1.29 is 14.7 Å². The first-order valence-electron chi connectivity index (χ1n) is 11.3. The molecule has 1 heterocycles. The van der Waals surface area contributed by atoms with Crippen molar-refractivity contribution in [3.63, 3.8) is 0 Å². The van der Waals surface area contributed by atoms with Crippen molar-refractivity contribution in [2.24, 2.45) is 0 Å². The average molecular weight is 448 g/mol. The molecule has 2 aromatic carbocycles. The molecule has 0 aromatic heterocycles. The Morgan fingerprint density at radius 2 is 1.70 bits per heavy atom. The normalized spacial score (nSPS) is 15.3. The van der Waals surface area contributed by atoms with Crippen LogP contribution in [0.15, 0.2) is 42.1 Å². The first-order chi connectivity index (χ1) is 15.7. The number of nitrogens with one attached hydrogen (secondary N) is 3. The molecule has 33 heavy (non-hydrogen) atoms. The highest BCUT2D eigenvalue weighted by molar-refractivity contribution is 5.98. The van der Waals surface area contributed by atoms with Gasteiger partial charge < -0.3 is 21.1 Å². The third kappa shape index (κ3) is 5.64. The quantitative estimate of drug-likeness (QED) is 0.435. The van der Waals surface area contributed by atoms with E-state index in [4.69, 9.17) is 5.11 Å². The van der Waals surface area contributed by atoms with Crippen LogP contribution in [0.4, 0.5) is 5.69 Å². The van der Waals surface area contributed by atoms with Crippen molar-refractivity contribution in [2.45, 2.75) is 53.6 Å². The summed E-state index contributed by atoms with van der Waals surface area (Å²) in [4.78, 5) is 23.1. The molecule has 6 heteroatoms. The molecule has 1 amide bonds. The van der Waals surface area contributed by atoms with Crippen molar-refractivity contribution in [3.8, 4) is 11.1 Å². The average Bonchev–Trinajstić information content (AvgIpc) is 3.29. The first-order valence-corrected chi connectivity index (χ1v) is 11.3. The third-order valence-corrected chi connectivity index (χ3v) is 6.33. The first kappa shape index (κ1) is 24.1. The van der Waals surface area contributed by atoms with Crippen LogP contribution in [0.5, 0.6) is 0 Å². The maximum absolute atomic E-state index is 12.4. The molecule has 4 N–H and O–H groups in total. The van der Waals surface area contributed by atoms with Crippen LogP contribution >= 0.6 is 0 Å². The SMILES string of the molecule is C/C(=C\c1c(C)c(C)c(-c2ccc(NC3CC=CN3)cc2)c(C)c1C)C(=O)NCCC(=O)O. The fourth-order valence-electron chi connectivity index (χ4n) is 4.19. The highest BCUT2D eigenvalue weighted by Crippen LogP contribution is 2.35. The summed E-state index contributed by atoms with van der Waals surface area (Å²) in [6, 6.07) is 8.52. The zero-order chi connectivity index (χ0) is 24.1. The van der Waals surface area contributed by atoms with Gasteiger partial charge >= 0.3 is 5.97 Å². The molecule has 0 aliphatic carbocycles. The molecule has 0 bridgehead atoms. The number of benzene rings is 2. The molecule has 0 saturated carbocycles. The van der Waals surface area contributed by atoms with E-state index in [1.807, 2.05) is 12.3 Å². The summed E-state index contributed by atoms with van der Waals surface area (Å²) in [6.45, 7) is 10.3. The minimum Gasteiger partial charge on any atom is -0.481 e. The summed E-state index contributed by atoms with van der Waals surface area (Å²) in [5.74, 6) is -1.18. The van der Waals surface area contributed by atoms with E-state index in [2.05, 4.69) is 74.0 Å². The number of anilines is 1. The Balaban J connectivity index is 1.86. The molecular weight excluding hydrogens is 414 g/mol. The minimum absolute atomic E-state index is 0.0909. The van der Waals surface area contributed by atoms with Crippen LogP contribution in [-0.4, -0.2) is 29.7 Å². The van der Waals surface area contributed by atoms with E-state index >= 15 is 0 Å². The Morgan fingerprint density at radius 3 is 2.24 bits per heavy atom. The van der Waals surface area contributed by atoms with Crippen molar-refractivity contribution in [3.05, 3.63) is 69.9 Å². The molecule has 1 atom stereocenters. The summed E-state index contributed by atoms with van der Waals surface area (Å²) in [6.07, 6.45) is 7.10. The van der Waals surface area contributed by atoms with Gasteiger partial charge in [0.15, 0.2) is 0 Å². The summed E-state index contributed by atoms with van der Waals surface area (Å²) < 4.78 is 0. The number of amides is 1. The molecule has 0 saturated heterocycles. The number of hydrogen-bond acceptors (Lipinski definition) is 4. The third-order valence-electron chi connectivity index (χ3n) is 6.33. The van der Waals surface area contributed by atoms with E-state index in [9.17, 15) is 9.59 Å². The van der Waals surface area contributed by atoms with Gasteiger partial charge in [-0.1, -0.05) is 18.2 Å². The lowest BCUT2D eigenvalue weighted by Crippen LogP contribution is -2.28. The molecule has 1 aliphatic rings. The standard InChI is InChI=1S/C27H33N3O3/c1-16(27(33)29-14-12-25(31)32)15-23-17(2)19(4)26(20(5)18(23)3)21-8-10-22(11-9-21)30-24-7-6-13-28-24/h6,8-11,13,15,24,28,30H,7,12,14H2,1-5H3,(H,29,33)(H,31,32)/b16-15+. The van der Waals surface area contributed by atoms with E-state index in [-0.39, 0.29) is 25.0 Å². The van der Waals surface area contributed by atoms with Crippen LogP contribution in [0.2, 0.25) is 0 Å². The number of carbonyl (C=O) groups excluding carboxylic acids is 1. The molecule has 0 radical (unpaired) electrons. The maximum atomic E-state index is 12.4. The van der Waals surface area contributed by atoms with Crippen LogP contribution in [0.3, 0.4) is 0 Å². The Bertz CT molecular complexity index is 1080. The van der Waals surface area contributed by atoms with Gasteiger partial charge in [0.05, 0.1) is 12.6 Å². The number of aliphatic carboxylic acids is 1. The van der Waals surface area contributed by atoms with E-state index in [1.165, 1.54) is 16.7 Å². The molecule has 1 aliphatic heterocycles. The van der Waals surface area contributed by atoms with Gasteiger partial charge in [0.2, 0.25) is 5.91 Å². The second-order valence-corrected chi connectivity index (χ2v) is 8.59. The van der Waals surface area contributed by atoms with E-state index < -0.39 is 5.97 Å². The van der Waals surface area contributed by atoms with Crippen molar-refractivity contribution in [1.29, 1.82) is 0 Å². The number of carboxylic acid groups (broad SMARTS) is 1. The lowest BCUT2D eigenvalue weighted by molar-refractivity contribution is -0.136. The van der Waals surface area contributed by atoms with Gasteiger partial charge in [-0.3, -0.25) is 9.59 Å². The van der Waals surface area contributed by atoms with E-state index in [0.717, 1.165) is 34.4 Å². The topological polar surface area (TPSA) is 90.5 Å². The Labute approximate surface area is 195 Å². The molecule has 174 valence electrons. The maximum Gasteiger partial charge on any atom is 0.305 e. The van der Waals surface area contributed by atoms with Crippen LogP contribution in [0.1, 0.15) is 47.6 Å². The lowest BCUT2D eigenvalue weighted by Gasteiger charge is -2.20. The van der Waals surface area contributed by atoms with Crippen LogP contribution in [-0.2, 0) is 9.59 Å². The van der Waals surface area contributed by atoms with Gasteiger partial charge in [-0.25, -0.2) is 0 Å². The van der Waals surface area contributed by atoms with Gasteiger partial charge in [-0.05, 0) is 98.0 Å². The summed E-state index contributed by atoms with van der Waals surface area (Å²) in [7, 11) is 0. The number of rotatable bonds is 8. The predicted molar refractivity (Wildman–Crippen MR) is 134 cm³/mol. The van der Waals surface area contributed by atoms with Gasteiger partial charge in [0.25, 0.3) is 0 Å². The lowest BCUT2D eigenvalue weighted by atomic mass is 9.85. The smallest absolute Gasteiger partial charge is 0.305 e. The Morgan fingerprint density at radius 1 is 1.06 bits per heavy atom. The fourth-order valence-corrected chi connectivity index (χ4v) is 4.19. The molecule has 6 nitrogen and oxygen atoms in total. The van der Waals surface area contributed by atoms with Gasteiger partial charge in [-0.15, -0.1) is 0 Å². The van der Waals surface area contributed by atoms with Crippen molar-refractivity contribution >= 4 is 23.6 Å². The highest BCUT2D eigenvalue weighted by atomic mass is 16.4. The monoisotopic (exact) mass is 447 g/mol. The van der Waals surface area contributed by atoms with Crippen molar-refractivity contribution in [1.82, 2.24) is 10.6 Å². The fraction of sp³-hybridized carbons (Fsp3) is 0.333. The van der Waals surface area contributed by atoms with Crippen LogP contribution in [0.25, 0.3) is 17.2 Å². The van der Waals surface area contributed by atoms with E-state index in [0.29, 0.717) is 5.57 Å². The largest absolute Gasteiger partial charge is 0.481 e. The van der Waals surface area contributed by atoms with Crippen molar-refractivity contribution in [2.75, 3.05) is 11.9 Å². The van der Waals surface area contributed by atoms with Gasteiger partial charge in [0, 0.05) is 24.2 Å². The number of carboxylic acids is 1. The van der Waals surface area contributed by atoms with Gasteiger partial charge in [-0.2, -0.15) is 0 Å². The number of hydrogen-bond donors (Lipinski definition) is 4. The highest BCUT2D eigenvalue weighted by Gasteiger charge is 2.17. The van der Waals surface area contributed by atoms with Gasteiger partial charge in [0.1, 0.15) is 0 Å². The summed E-state index contributed by atoms with van der Waals surface area (Å²) >= 11 is 0. The predicted octanol–water partition coefficient (Wildman–Crippen LogP) is 4.83. The second kappa shape index (κ2) is 10.4. The number of carbonyl (C=O) groups is 2. The molecule has 0 fully saturated rings. The zero-order valence-corrected chi connectivity index (χ0v) is 20.0. The second-order valence-electron chi connectivity index (χ2n) is 8.59. The van der Waals surface area contributed by atoms with Crippen LogP contribution < -0.4 is 16.0 Å².